The van der Waals surface area contributed by atoms with E-state index in [1.54, 1.807) is 18.5 Å². The number of hydrogen-bond donors (Lipinski definition) is 4. The Morgan fingerprint density at radius 1 is 1.15 bits per heavy atom. The number of nitrogens with zero attached hydrogens (tertiary/aromatic N) is 1. The first-order valence-corrected chi connectivity index (χ1v) is 12.4. The highest BCUT2D eigenvalue weighted by atomic mass is 16.4. The van der Waals surface area contributed by atoms with Crippen LogP contribution in [0, 0.1) is 16.7 Å². The minimum absolute atomic E-state index is 0.0493. The number of nitrogens with one attached hydrogen (secondary N) is 2. The highest BCUT2D eigenvalue weighted by Gasteiger charge is 2.61. The molecule has 4 N–H and O–H groups in total. The molecule has 2 aliphatic rings. The molecule has 34 heavy (non-hydrogen) atoms. The van der Waals surface area contributed by atoms with Crippen LogP contribution in [0.15, 0.2) is 41.1 Å². The van der Waals surface area contributed by atoms with E-state index in [9.17, 15) is 15.0 Å². The molecule has 0 unspecified atom stereocenters. The van der Waals surface area contributed by atoms with Crippen molar-refractivity contribution in [2.75, 3.05) is 0 Å². The number of furan rings is 1. The summed E-state index contributed by atoms with van der Waals surface area (Å²) in [5.41, 5.74) is 0.306. The maximum absolute atomic E-state index is 12.8. The summed E-state index contributed by atoms with van der Waals surface area (Å²) in [5, 5.41) is 27.0. The SMILES string of the molecule is CC1(C)C[C@H](NCc2ccc(CO)o2)[C@]2(CCC(=O)NCc3cccnc3)CC[C@@](C)(O)C[C@@H]12. The number of aliphatic hydroxyl groups excluding tert-OH is 1. The maximum Gasteiger partial charge on any atom is 0.220 e. The summed E-state index contributed by atoms with van der Waals surface area (Å²) in [4.78, 5) is 16.9. The zero-order valence-electron chi connectivity index (χ0n) is 20.6. The molecular weight excluding hydrogens is 430 g/mol. The Morgan fingerprint density at radius 3 is 2.65 bits per heavy atom. The van der Waals surface area contributed by atoms with E-state index in [0.29, 0.717) is 31.2 Å². The van der Waals surface area contributed by atoms with Crippen LogP contribution in [0.3, 0.4) is 0 Å². The molecule has 0 spiro atoms. The van der Waals surface area contributed by atoms with Crippen LogP contribution in [0.4, 0.5) is 0 Å². The topological polar surface area (TPSA) is 108 Å². The molecule has 4 rings (SSSR count). The molecule has 0 aliphatic heterocycles. The summed E-state index contributed by atoms with van der Waals surface area (Å²) in [6.07, 6.45) is 8.12. The monoisotopic (exact) mass is 469 g/mol. The van der Waals surface area contributed by atoms with Crippen LogP contribution in [-0.2, 0) is 24.5 Å². The van der Waals surface area contributed by atoms with Crippen molar-refractivity contribution in [3.05, 3.63) is 53.7 Å². The van der Waals surface area contributed by atoms with E-state index in [1.807, 2.05) is 25.1 Å². The van der Waals surface area contributed by atoms with E-state index in [1.165, 1.54) is 0 Å². The van der Waals surface area contributed by atoms with E-state index >= 15 is 0 Å². The summed E-state index contributed by atoms with van der Waals surface area (Å²) in [5.74, 6) is 1.74. The number of amides is 1. The molecule has 2 heterocycles. The van der Waals surface area contributed by atoms with Gasteiger partial charge in [-0.15, -0.1) is 0 Å². The molecule has 2 saturated carbocycles. The van der Waals surface area contributed by atoms with Gasteiger partial charge in [0.1, 0.15) is 18.1 Å². The number of aliphatic hydroxyl groups is 2. The van der Waals surface area contributed by atoms with Crippen LogP contribution in [0.5, 0.6) is 0 Å². The van der Waals surface area contributed by atoms with Crippen molar-refractivity contribution >= 4 is 5.91 Å². The summed E-state index contributed by atoms with van der Waals surface area (Å²) in [7, 11) is 0. The van der Waals surface area contributed by atoms with E-state index < -0.39 is 5.60 Å². The smallest absolute Gasteiger partial charge is 0.220 e. The Hall–Kier alpha value is -2.22. The third kappa shape index (κ3) is 5.37. The Kier molecular flexibility index (Phi) is 7.17. The predicted molar refractivity (Wildman–Crippen MR) is 129 cm³/mol. The van der Waals surface area contributed by atoms with Crippen molar-refractivity contribution in [3.63, 3.8) is 0 Å². The van der Waals surface area contributed by atoms with Crippen molar-refractivity contribution in [1.82, 2.24) is 15.6 Å². The van der Waals surface area contributed by atoms with E-state index in [4.69, 9.17) is 4.42 Å². The normalized spacial score (nSPS) is 30.1. The molecule has 0 radical (unpaired) electrons. The fourth-order valence-electron chi connectivity index (χ4n) is 6.48. The first kappa shape index (κ1) is 24.9. The van der Waals surface area contributed by atoms with Crippen LogP contribution >= 0.6 is 0 Å². The van der Waals surface area contributed by atoms with Gasteiger partial charge in [0, 0.05) is 31.4 Å². The lowest BCUT2D eigenvalue weighted by atomic mass is 9.57. The molecule has 1 amide bonds. The second-order valence-electron chi connectivity index (χ2n) is 11.3. The molecule has 186 valence electrons. The van der Waals surface area contributed by atoms with Crippen molar-refractivity contribution in [1.29, 1.82) is 0 Å². The lowest BCUT2D eigenvalue weighted by Gasteiger charge is -2.51. The van der Waals surface area contributed by atoms with Gasteiger partial charge in [0.2, 0.25) is 5.91 Å². The first-order valence-electron chi connectivity index (χ1n) is 12.4. The van der Waals surface area contributed by atoms with Crippen molar-refractivity contribution in [2.45, 2.75) is 90.6 Å². The van der Waals surface area contributed by atoms with Gasteiger partial charge < -0.3 is 25.3 Å². The second-order valence-corrected chi connectivity index (χ2v) is 11.3. The quantitative estimate of drug-likeness (QED) is 0.446. The lowest BCUT2D eigenvalue weighted by molar-refractivity contribution is -0.123. The molecule has 2 aromatic heterocycles. The number of fused-ring (bicyclic) bond motifs is 1. The van der Waals surface area contributed by atoms with Gasteiger partial charge in [-0.1, -0.05) is 19.9 Å². The molecule has 7 heteroatoms. The van der Waals surface area contributed by atoms with Gasteiger partial charge in [0.15, 0.2) is 0 Å². The van der Waals surface area contributed by atoms with Crippen molar-refractivity contribution < 1.29 is 19.4 Å². The van der Waals surface area contributed by atoms with Crippen molar-refractivity contribution in [2.24, 2.45) is 16.7 Å². The molecule has 7 nitrogen and oxygen atoms in total. The average molecular weight is 470 g/mol. The Labute approximate surface area is 202 Å². The molecule has 0 aromatic carbocycles. The average Bonchev–Trinajstić information content (AvgIpc) is 3.36. The minimum atomic E-state index is -0.667. The van der Waals surface area contributed by atoms with Crippen LogP contribution in [0.2, 0.25) is 0 Å². The maximum atomic E-state index is 12.8. The molecule has 4 atom stereocenters. The fraction of sp³-hybridized carbons (Fsp3) is 0.630. The van der Waals surface area contributed by atoms with E-state index in [0.717, 1.165) is 43.4 Å². The molecular formula is C27H39N3O4. The largest absolute Gasteiger partial charge is 0.462 e. The fourth-order valence-corrected chi connectivity index (χ4v) is 6.48. The molecule has 2 aliphatic carbocycles. The third-order valence-electron chi connectivity index (χ3n) is 8.26. The Morgan fingerprint density at radius 2 is 1.94 bits per heavy atom. The number of aromatic nitrogens is 1. The summed E-state index contributed by atoms with van der Waals surface area (Å²) >= 11 is 0. The summed E-state index contributed by atoms with van der Waals surface area (Å²) in [6.45, 7) is 7.51. The second kappa shape index (κ2) is 9.80. The Bertz CT molecular complexity index is 971. The number of hydrogen-bond acceptors (Lipinski definition) is 6. The highest BCUT2D eigenvalue weighted by molar-refractivity contribution is 5.75. The minimum Gasteiger partial charge on any atom is -0.462 e. The zero-order valence-corrected chi connectivity index (χ0v) is 20.6. The molecule has 0 bridgehead atoms. The van der Waals surface area contributed by atoms with Crippen molar-refractivity contribution in [3.8, 4) is 0 Å². The lowest BCUT2D eigenvalue weighted by Crippen LogP contribution is -2.51. The van der Waals surface area contributed by atoms with E-state index in [-0.39, 0.29) is 29.4 Å². The van der Waals surface area contributed by atoms with Gasteiger partial charge in [-0.05, 0) is 79.5 Å². The molecule has 0 saturated heterocycles. The van der Waals surface area contributed by atoms with E-state index in [2.05, 4.69) is 29.5 Å². The van der Waals surface area contributed by atoms with Crippen LogP contribution in [-0.4, -0.2) is 32.7 Å². The standard InChI is InChI=1S/C27H39N3O4/c1-25(2)14-23(29-17-20-6-7-21(18-31)34-20)27(11-10-26(3,33)13-22(25)27)9-8-24(32)30-16-19-5-4-12-28-15-19/h4-7,12,15,22-23,29,31,33H,8-11,13-14,16-18H2,1-3H3,(H,30,32)/t22-,23-,26+,27+/m0/s1. The molecule has 2 aromatic rings. The predicted octanol–water partition coefficient (Wildman–Crippen LogP) is 3.69. The van der Waals surface area contributed by atoms with Crippen LogP contribution in [0.25, 0.3) is 0 Å². The van der Waals surface area contributed by atoms with Crippen LogP contribution in [0.1, 0.15) is 76.4 Å². The highest BCUT2D eigenvalue weighted by Crippen LogP contribution is 2.63. The summed E-state index contributed by atoms with van der Waals surface area (Å²) in [6, 6.07) is 7.76. The summed E-state index contributed by atoms with van der Waals surface area (Å²) < 4.78 is 5.70. The van der Waals surface area contributed by atoms with Gasteiger partial charge in [0.25, 0.3) is 0 Å². The van der Waals surface area contributed by atoms with Gasteiger partial charge >= 0.3 is 0 Å². The third-order valence-corrected chi connectivity index (χ3v) is 8.26. The Balaban J connectivity index is 1.47. The number of carbonyl (C=O) groups excluding carboxylic acids is 1. The number of carbonyl (C=O) groups is 1. The van der Waals surface area contributed by atoms with Gasteiger partial charge in [0.05, 0.1) is 12.1 Å². The van der Waals surface area contributed by atoms with Crippen LogP contribution < -0.4 is 10.6 Å². The van der Waals surface area contributed by atoms with Gasteiger partial charge in [-0.3, -0.25) is 9.78 Å². The number of rotatable bonds is 9. The zero-order chi connectivity index (χ0) is 24.4. The van der Waals surface area contributed by atoms with Gasteiger partial charge in [-0.25, -0.2) is 0 Å². The number of pyridine rings is 1. The van der Waals surface area contributed by atoms with Gasteiger partial charge in [-0.2, -0.15) is 0 Å². The molecule has 2 fully saturated rings. The first-order chi connectivity index (χ1) is 16.1.